The number of aromatic nitrogens is 1. The highest BCUT2D eigenvalue weighted by molar-refractivity contribution is 6.29. The lowest BCUT2D eigenvalue weighted by molar-refractivity contribution is 0.0527. The maximum absolute atomic E-state index is 11.8. The molecule has 2 N–H and O–H groups in total. The van der Waals surface area contributed by atoms with Crippen molar-refractivity contribution in [2.75, 3.05) is 25.1 Å². The van der Waals surface area contributed by atoms with Crippen molar-refractivity contribution in [3.63, 3.8) is 0 Å². The van der Waals surface area contributed by atoms with E-state index in [1.165, 1.54) is 12.3 Å². The summed E-state index contributed by atoms with van der Waals surface area (Å²) in [6.45, 7) is 2.63. The standard InChI is InChI=1S/C12H15ClN2O4/c1-2-19-12(17)7-4-14-11(13)3-8(7)15-9-5-18-6-10(9)16/h3-4,9-10,16H,2,5-6H2,1H3,(H,14,15)/t9-,10-/m1/s1. The lowest BCUT2D eigenvalue weighted by Crippen LogP contribution is -2.32. The minimum atomic E-state index is -0.623. The van der Waals surface area contributed by atoms with Crippen LogP contribution in [0.2, 0.25) is 5.15 Å². The molecular formula is C12H15ClN2O4. The third kappa shape index (κ3) is 3.34. The molecule has 1 aromatic rings. The van der Waals surface area contributed by atoms with Crippen LogP contribution in [-0.4, -0.2) is 48.0 Å². The Hall–Kier alpha value is -1.37. The Kier molecular flexibility index (Phi) is 4.57. The van der Waals surface area contributed by atoms with Crippen LogP contribution in [-0.2, 0) is 9.47 Å². The normalized spacial score (nSPS) is 22.3. The van der Waals surface area contributed by atoms with Gasteiger partial charge in [-0.05, 0) is 13.0 Å². The van der Waals surface area contributed by atoms with Crippen LogP contribution in [0.25, 0.3) is 0 Å². The number of nitrogens with one attached hydrogen (secondary N) is 1. The molecule has 0 bridgehead atoms. The zero-order chi connectivity index (χ0) is 13.8. The van der Waals surface area contributed by atoms with Crippen LogP contribution in [0.3, 0.4) is 0 Å². The molecule has 6 nitrogen and oxygen atoms in total. The number of carbonyl (C=O) groups is 1. The molecule has 2 heterocycles. The summed E-state index contributed by atoms with van der Waals surface area (Å²) in [5.41, 5.74) is 0.762. The smallest absolute Gasteiger partial charge is 0.341 e. The van der Waals surface area contributed by atoms with Crippen molar-refractivity contribution in [1.29, 1.82) is 0 Å². The van der Waals surface area contributed by atoms with Crippen LogP contribution in [0.1, 0.15) is 17.3 Å². The Labute approximate surface area is 115 Å². The fraction of sp³-hybridized carbons (Fsp3) is 0.500. The molecule has 104 valence electrons. The Morgan fingerprint density at radius 2 is 2.47 bits per heavy atom. The SMILES string of the molecule is CCOC(=O)c1cnc(Cl)cc1N[C@@H]1COC[C@H]1O. The summed E-state index contributed by atoms with van der Waals surface area (Å²) >= 11 is 5.82. The number of hydrogen-bond acceptors (Lipinski definition) is 6. The van der Waals surface area contributed by atoms with E-state index in [0.29, 0.717) is 12.3 Å². The van der Waals surface area contributed by atoms with Crippen LogP contribution in [0.4, 0.5) is 5.69 Å². The zero-order valence-corrected chi connectivity index (χ0v) is 11.2. The maximum atomic E-state index is 11.8. The third-order valence-electron chi connectivity index (χ3n) is 2.76. The summed E-state index contributed by atoms with van der Waals surface area (Å²) in [5.74, 6) is -0.484. The van der Waals surface area contributed by atoms with E-state index < -0.39 is 12.1 Å². The lowest BCUT2D eigenvalue weighted by atomic mass is 10.1. The van der Waals surface area contributed by atoms with Gasteiger partial charge >= 0.3 is 5.97 Å². The van der Waals surface area contributed by atoms with E-state index in [2.05, 4.69) is 10.3 Å². The highest BCUT2D eigenvalue weighted by atomic mass is 35.5. The monoisotopic (exact) mass is 286 g/mol. The summed E-state index contributed by atoms with van der Waals surface area (Å²) in [7, 11) is 0. The fourth-order valence-corrected chi connectivity index (χ4v) is 1.96. The van der Waals surface area contributed by atoms with Gasteiger partial charge in [-0.3, -0.25) is 0 Å². The van der Waals surface area contributed by atoms with Crippen LogP contribution in [0, 0.1) is 0 Å². The second-order valence-electron chi connectivity index (χ2n) is 4.13. The molecule has 7 heteroatoms. The summed E-state index contributed by atoms with van der Waals surface area (Å²) in [6, 6.07) is 1.24. The molecule has 1 aromatic heterocycles. The molecule has 1 aliphatic heterocycles. The first kappa shape index (κ1) is 14.0. The van der Waals surface area contributed by atoms with E-state index in [-0.39, 0.29) is 30.0 Å². The van der Waals surface area contributed by atoms with Crippen molar-refractivity contribution in [3.05, 3.63) is 23.0 Å². The molecule has 0 saturated carbocycles. The largest absolute Gasteiger partial charge is 0.462 e. The van der Waals surface area contributed by atoms with Gasteiger partial charge in [0.2, 0.25) is 0 Å². The molecule has 19 heavy (non-hydrogen) atoms. The number of rotatable bonds is 4. The summed E-state index contributed by atoms with van der Waals surface area (Å²) in [4.78, 5) is 15.7. The molecule has 1 fully saturated rings. The third-order valence-corrected chi connectivity index (χ3v) is 2.96. The number of carbonyl (C=O) groups excluding carboxylic acids is 1. The van der Waals surface area contributed by atoms with Gasteiger partial charge in [0, 0.05) is 6.20 Å². The Bertz CT molecular complexity index is 469. The molecule has 0 amide bonds. The molecule has 2 rings (SSSR count). The summed E-state index contributed by atoms with van der Waals surface area (Å²) < 4.78 is 10.1. The maximum Gasteiger partial charge on any atom is 0.341 e. The molecule has 0 aliphatic carbocycles. The minimum absolute atomic E-state index is 0.254. The number of nitrogens with zero attached hydrogens (tertiary/aromatic N) is 1. The van der Waals surface area contributed by atoms with Crippen LogP contribution in [0.5, 0.6) is 0 Å². The zero-order valence-electron chi connectivity index (χ0n) is 10.4. The second-order valence-corrected chi connectivity index (χ2v) is 4.52. The number of ether oxygens (including phenoxy) is 2. The predicted molar refractivity (Wildman–Crippen MR) is 69.4 cm³/mol. The van der Waals surface area contributed by atoms with Crippen molar-refractivity contribution in [2.45, 2.75) is 19.1 Å². The van der Waals surface area contributed by atoms with Crippen LogP contribution in [0.15, 0.2) is 12.3 Å². The number of anilines is 1. The van der Waals surface area contributed by atoms with Gasteiger partial charge in [0.1, 0.15) is 10.7 Å². The van der Waals surface area contributed by atoms with E-state index in [1.54, 1.807) is 6.92 Å². The number of aliphatic hydroxyl groups excluding tert-OH is 1. The van der Waals surface area contributed by atoms with Crippen molar-refractivity contribution >= 4 is 23.3 Å². The number of pyridine rings is 1. The quantitative estimate of drug-likeness (QED) is 0.637. The van der Waals surface area contributed by atoms with E-state index >= 15 is 0 Å². The van der Waals surface area contributed by atoms with Gasteiger partial charge in [-0.25, -0.2) is 9.78 Å². The van der Waals surface area contributed by atoms with E-state index in [0.717, 1.165) is 0 Å². The van der Waals surface area contributed by atoms with E-state index in [4.69, 9.17) is 21.1 Å². The number of aliphatic hydroxyl groups is 1. The van der Waals surface area contributed by atoms with Gasteiger partial charge < -0.3 is 19.9 Å². The molecule has 0 spiro atoms. The minimum Gasteiger partial charge on any atom is -0.462 e. The second kappa shape index (κ2) is 6.18. The molecule has 1 saturated heterocycles. The van der Waals surface area contributed by atoms with Crippen molar-refractivity contribution < 1.29 is 19.4 Å². The average molecular weight is 287 g/mol. The van der Waals surface area contributed by atoms with Gasteiger partial charge in [0.05, 0.1) is 37.7 Å². The van der Waals surface area contributed by atoms with E-state index in [1.807, 2.05) is 0 Å². The molecule has 1 aliphatic rings. The fourth-order valence-electron chi connectivity index (χ4n) is 1.80. The molecule has 0 radical (unpaired) electrons. The topological polar surface area (TPSA) is 80.7 Å². The number of esters is 1. The lowest BCUT2D eigenvalue weighted by Gasteiger charge is -2.18. The molecule has 0 unspecified atom stereocenters. The van der Waals surface area contributed by atoms with Gasteiger partial charge in [-0.2, -0.15) is 0 Å². The average Bonchev–Trinajstić information content (AvgIpc) is 2.75. The van der Waals surface area contributed by atoms with Crippen molar-refractivity contribution in [1.82, 2.24) is 4.98 Å². The predicted octanol–water partition coefficient (Wildman–Crippen LogP) is 1.08. The summed E-state index contributed by atoms with van der Waals surface area (Å²) in [5, 5.41) is 13.0. The first-order valence-electron chi connectivity index (χ1n) is 5.96. The van der Waals surface area contributed by atoms with Gasteiger partial charge in [0.25, 0.3) is 0 Å². The molecule has 2 atom stereocenters. The molecule has 0 aromatic carbocycles. The summed E-state index contributed by atoms with van der Waals surface area (Å²) in [6.07, 6.45) is 0.729. The Balaban J connectivity index is 2.21. The van der Waals surface area contributed by atoms with Crippen LogP contribution < -0.4 is 5.32 Å². The number of hydrogen-bond donors (Lipinski definition) is 2. The van der Waals surface area contributed by atoms with Crippen molar-refractivity contribution in [3.8, 4) is 0 Å². The first-order chi connectivity index (χ1) is 9.11. The first-order valence-corrected chi connectivity index (χ1v) is 6.34. The van der Waals surface area contributed by atoms with Gasteiger partial charge in [-0.15, -0.1) is 0 Å². The van der Waals surface area contributed by atoms with E-state index in [9.17, 15) is 9.90 Å². The highest BCUT2D eigenvalue weighted by Gasteiger charge is 2.27. The van der Waals surface area contributed by atoms with Gasteiger partial charge in [0.15, 0.2) is 0 Å². The Morgan fingerprint density at radius 1 is 1.68 bits per heavy atom. The highest BCUT2D eigenvalue weighted by Crippen LogP contribution is 2.22. The Morgan fingerprint density at radius 3 is 3.11 bits per heavy atom. The van der Waals surface area contributed by atoms with Crippen molar-refractivity contribution in [2.24, 2.45) is 0 Å². The number of halogens is 1. The molecular weight excluding hydrogens is 272 g/mol. The van der Waals surface area contributed by atoms with Gasteiger partial charge in [-0.1, -0.05) is 11.6 Å². The van der Waals surface area contributed by atoms with Crippen LogP contribution >= 0.6 is 11.6 Å².